The second-order valence-electron chi connectivity index (χ2n) is 8.10. The Kier molecular flexibility index (Phi) is 9.13. The number of nitrogens with zero attached hydrogens (tertiary/aromatic N) is 2. The highest BCUT2D eigenvalue weighted by atomic mass is 32.2. The summed E-state index contributed by atoms with van der Waals surface area (Å²) >= 11 is 0. The predicted octanol–water partition coefficient (Wildman–Crippen LogP) is 4.58. The number of hydrogen-bond acceptors (Lipinski definition) is 7. The zero-order valence-electron chi connectivity index (χ0n) is 21.5. The highest BCUT2D eigenvalue weighted by Crippen LogP contribution is 2.29. The zero-order valence-corrected chi connectivity index (χ0v) is 22.3. The number of sulfonamides is 1. The van der Waals surface area contributed by atoms with Crippen LogP contribution in [0.1, 0.15) is 25.8 Å². The van der Waals surface area contributed by atoms with Crippen LogP contribution in [0.25, 0.3) is 0 Å². The third kappa shape index (κ3) is 7.01. The van der Waals surface area contributed by atoms with Crippen LogP contribution >= 0.6 is 0 Å². The molecule has 1 atom stereocenters. The van der Waals surface area contributed by atoms with Crippen molar-refractivity contribution < 1.29 is 27.4 Å². The summed E-state index contributed by atoms with van der Waals surface area (Å²) in [6.45, 7) is 3.40. The van der Waals surface area contributed by atoms with E-state index in [0.717, 1.165) is 16.1 Å². The quantitative estimate of drug-likeness (QED) is 0.290. The van der Waals surface area contributed by atoms with Crippen LogP contribution in [-0.4, -0.2) is 46.6 Å². The molecule has 0 heterocycles. The topological polar surface area (TPSA) is 107 Å². The van der Waals surface area contributed by atoms with Gasteiger partial charge in [0.05, 0.1) is 31.9 Å². The van der Waals surface area contributed by atoms with Gasteiger partial charge in [-0.05, 0) is 67.9 Å². The van der Waals surface area contributed by atoms with E-state index in [0.29, 0.717) is 40.8 Å². The Morgan fingerprint density at radius 3 is 2.14 bits per heavy atom. The van der Waals surface area contributed by atoms with Gasteiger partial charge in [-0.2, -0.15) is 5.10 Å². The summed E-state index contributed by atoms with van der Waals surface area (Å²) in [7, 11) is -0.712. The third-order valence-electron chi connectivity index (χ3n) is 5.51. The van der Waals surface area contributed by atoms with E-state index in [1.807, 2.05) is 37.3 Å². The van der Waals surface area contributed by atoms with Crippen LogP contribution in [0.15, 0.2) is 77.9 Å². The zero-order chi connectivity index (χ0) is 27.0. The molecule has 0 fully saturated rings. The summed E-state index contributed by atoms with van der Waals surface area (Å²) < 4.78 is 42.7. The van der Waals surface area contributed by atoms with E-state index in [1.54, 1.807) is 49.6 Å². The van der Waals surface area contributed by atoms with E-state index in [1.165, 1.54) is 14.0 Å². The molecule has 3 aromatic rings. The minimum atomic E-state index is -3.79. The number of hydrazone groups is 1. The van der Waals surface area contributed by atoms with Gasteiger partial charge in [0.25, 0.3) is 5.91 Å². The van der Waals surface area contributed by atoms with Gasteiger partial charge in [-0.3, -0.25) is 9.10 Å². The first-order valence-electron chi connectivity index (χ1n) is 11.6. The molecule has 0 saturated heterocycles. The molecule has 0 spiro atoms. The average Bonchev–Trinajstić information content (AvgIpc) is 2.89. The number of nitrogens with one attached hydrogen (secondary N) is 1. The Balaban J connectivity index is 1.79. The molecule has 10 heteroatoms. The van der Waals surface area contributed by atoms with Crippen molar-refractivity contribution >= 4 is 27.3 Å². The summed E-state index contributed by atoms with van der Waals surface area (Å²) in [5.41, 5.74) is 4.17. The van der Waals surface area contributed by atoms with Crippen LogP contribution in [0, 0.1) is 0 Å². The Morgan fingerprint density at radius 1 is 0.946 bits per heavy atom. The van der Waals surface area contributed by atoms with Crippen molar-refractivity contribution in [2.45, 2.75) is 26.3 Å². The maximum atomic E-state index is 13.0. The summed E-state index contributed by atoms with van der Waals surface area (Å²) in [5, 5.41) is 4.26. The normalized spacial score (nSPS) is 12.4. The van der Waals surface area contributed by atoms with Crippen molar-refractivity contribution in [3.05, 3.63) is 78.4 Å². The smallest absolute Gasteiger partial charge is 0.263 e. The molecule has 3 aromatic carbocycles. The average molecular weight is 526 g/mol. The highest BCUT2D eigenvalue weighted by molar-refractivity contribution is 7.92. The van der Waals surface area contributed by atoms with Gasteiger partial charge >= 0.3 is 0 Å². The SMILES string of the molecule is CC/C(=N/NC(=O)[C@@H](C)N(c1ccc(Oc2ccccc2)cc1)S(C)(=O)=O)c1ccc(OC)c(OC)c1. The van der Waals surface area contributed by atoms with Crippen LogP contribution in [0.3, 0.4) is 0 Å². The number of ether oxygens (including phenoxy) is 3. The van der Waals surface area contributed by atoms with Gasteiger partial charge in [0.1, 0.15) is 17.5 Å². The molecule has 9 nitrogen and oxygen atoms in total. The van der Waals surface area contributed by atoms with E-state index in [2.05, 4.69) is 10.5 Å². The van der Waals surface area contributed by atoms with Crippen molar-refractivity contribution in [3.8, 4) is 23.0 Å². The first-order chi connectivity index (χ1) is 17.7. The van der Waals surface area contributed by atoms with Gasteiger partial charge < -0.3 is 14.2 Å². The van der Waals surface area contributed by atoms with E-state index in [9.17, 15) is 13.2 Å². The molecule has 1 amide bonds. The van der Waals surface area contributed by atoms with Gasteiger partial charge in [-0.15, -0.1) is 0 Å². The van der Waals surface area contributed by atoms with Gasteiger partial charge in [-0.25, -0.2) is 13.8 Å². The molecule has 37 heavy (non-hydrogen) atoms. The monoisotopic (exact) mass is 525 g/mol. The van der Waals surface area contributed by atoms with Crippen molar-refractivity contribution in [2.24, 2.45) is 5.10 Å². The summed E-state index contributed by atoms with van der Waals surface area (Å²) in [6, 6.07) is 20.0. The van der Waals surface area contributed by atoms with Crippen LogP contribution in [0.4, 0.5) is 5.69 Å². The molecule has 0 aliphatic heterocycles. The standard InChI is InChI=1S/C27H31N3O6S/c1-6-24(20-12-17-25(34-3)26(18-20)35-4)28-29-27(31)19(2)30(37(5,32)33)21-13-15-23(16-14-21)36-22-10-8-7-9-11-22/h7-19H,6H2,1-5H3,(H,29,31)/b28-24-/t19-/m1/s1. The molecular weight excluding hydrogens is 494 g/mol. The number of rotatable bonds is 11. The minimum absolute atomic E-state index is 0.324. The number of hydrogen-bond donors (Lipinski definition) is 1. The number of amides is 1. The molecule has 0 bridgehead atoms. The lowest BCUT2D eigenvalue weighted by molar-refractivity contribution is -0.121. The summed E-state index contributed by atoms with van der Waals surface area (Å²) in [6.07, 6.45) is 1.57. The molecule has 0 radical (unpaired) electrons. The van der Waals surface area contributed by atoms with E-state index >= 15 is 0 Å². The molecule has 1 N–H and O–H groups in total. The lowest BCUT2D eigenvalue weighted by Gasteiger charge is -2.27. The largest absolute Gasteiger partial charge is 0.493 e. The fraction of sp³-hybridized carbons (Fsp3) is 0.259. The second kappa shape index (κ2) is 12.3. The van der Waals surface area contributed by atoms with Gasteiger partial charge in [0.15, 0.2) is 11.5 Å². The van der Waals surface area contributed by atoms with Crippen LogP contribution in [-0.2, 0) is 14.8 Å². The Bertz CT molecular complexity index is 1340. The number of carbonyl (C=O) groups is 1. The predicted molar refractivity (Wildman–Crippen MR) is 144 cm³/mol. The third-order valence-corrected chi connectivity index (χ3v) is 6.75. The van der Waals surface area contributed by atoms with E-state index in [4.69, 9.17) is 14.2 Å². The molecule has 0 aromatic heterocycles. The number of benzene rings is 3. The van der Waals surface area contributed by atoms with Crippen molar-refractivity contribution in [1.82, 2.24) is 5.43 Å². The Morgan fingerprint density at radius 2 is 1.57 bits per heavy atom. The van der Waals surface area contributed by atoms with Gasteiger partial charge in [0.2, 0.25) is 10.0 Å². The molecule has 0 aliphatic rings. The number of carbonyl (C=O) groups excluding carboxylic acids is 1. The number of methoxy groups -OCH3 is 2. The van der Waals surface area contributed by atoms with Crippen molar-refractivity contribution in [1.29, 1.82) is 0 Å². The fourth-order valence-electron chi connectivity index (χ4n) is 3.67. The number of para-hydroxylation sites is 1. The first-order valence-corrected chi connectivity index (χ1v) is 13.4. The molecule has 3 rings (SSSR count). The van der Waals surface area contributed by atoms with Crippen LogP contribution < -0.4 is 23.9 Å². The molecule has 0 aliphatic carbocycles. The fourth-order valence-corrected chi connectivity index (χ4v) is 4.85. The first kappa shape index (κ1) is 27.5. The number of anilines is 1. The van der Waals surface area contributed by atoms with Crippen LogP contribution in [0.5, 0.6) is 23.0 Å². The van der Waals surface area contributed by atoms with Gasteiger partial charge in [0, 0.05) is 5.56 Å². The molecule has 0 unspecified atom stereocenters. The molecule has 0 saturated carbocycles. The minimum Gasteiger partial charge on any atom is -0.493 e. The van der Waals surface area contributed by atoms with Gasteiger partial charge in [-0.1, -0.05) is 25.1 Å². The van der Waals surface area contributed by atoms with Crippen molar-refractivity contribution in [3.63, 3.8) is 0 Å². The van der Waals surface area contributed by atoms with E-state index < -0.39 is 22.0 Å². The Labute approximate surface area is 217 Å². The molecular formula is C27H31N3O6S. The summed E-state index contributed by atoms with van der Waals surface area (Å²) in [4.78, 5) is 13.0. The van der Waals surface area contributed by atoms with Crippen LogP contribution in [0.2, 0.25) is 0 Å². The second-order valence-corrected chi connectivity index (χ2v) is 9.96. The maximum absolute atomic E-state index is 13.0. The maximum Gasteiger partial charge on any atom is 0.263 e. The molecule has 196 valence electrons. The van der Waals surface area contributed by atoms with Crippen molar-refractivity contribution in [2.75, 3.05) is 24.8 Å². The highest BCUT2D eigenvalue weighted by Gasteiger charge is 2.29. The van der Waals surface area contributed by atoms with E-state index in [-0.39, 0.29) is 0 Å². The Hall–Kier alpha value is -4.05. The summed E-state index contributed by atoms with van der Waals surface area (Å²) in [5.74, 6) is 1.71. The lowest BCUT2D eigenvalue weighted by Crippen LogP contribution is -2.47. The lowest BCUT2D eigenvalue weighted by atomic mass is 10.1.